The van der Waals surface area contributed by atoms with Crippen LogP contribution in [0.25, 0.3) is 11.0 Å². The maximum atomic E-state index is 13.2. The molecule has 1 aliphatic heterocycles. The van der Waals surface area contributed by atoms with Crippen LogP contribution in [0.1, 0.15) is 32.4 Å². The van der Waals surface area contributed by atoms with Crippen LogP contribution in [0.4, 0.5) is 5.69 Å². The van der Waals surface area contributed by atoms with Gasteiger partial charge in [0.2, 0.25) is 15.9 Å². The van der Waals surface area contributed by atoms with Gasteiger partial charge in [0.1, 0.15) is 5.52 Å². The summed E-state index contributed by atoms with van der Waals surface area (Å²) >= 11 is 0. The average Bonchev–Trinajstić information content (AvgIpc) is 3.22. The van der Waals surface area contributed by atoms with Crippen molar-refractivity contribution in [2.45, 2.75) is 44.7 Å². The smallest absolute Gasteiger partial charge is 0.243 e. The van der Waals surface area contributed by atoms with E-state index in [1.54, 1.807) is 21.7 Å². The van der Waals surface area contributed by atoms with Crippen molar-refractivity contribution in [1.82, 2.24) is 24.2 Å². The molecular formula is C24H32N6O3S. The van der Waals surface area contributed by atoms with Crippen molar-refractivity contribution in [3.8, 4) is 0 Å². The minimum Gasteiger partial charge on any atom is -0.365 e. The summed E-state index contributed by atoms with van der Waals surface area (Å²) in [4.78, 5) is 17.1. The zero-order chi connectivity index (χ0) is 24.6. The monoisotopic (exact) mass is 484 g/mol. The zero-order valence-corrected chi connectivity index (χ0v) is 21.2. The van der Waals surface area contributed by atoms with E-state index in [0.717, 1.165) is 15.5 Å². The molecule has 1 atom stereocenters. The van der Waals surface area contributed by atoms with Crippen molar-refractivity contribution in [3.05, 3.63) is 48.0 Å². The van der Waals surface area contributed by atoms with Crippen molar-refractivity contribution in [1.29, 1.82) is 0 Å². The molecule has 9 nitrogen and oxygen atoms in total. The SMILES string of the molecule is Cc1cccc(N2CCN(C(=O)CN(C)S(=O)(=O)c3ccc4c(c3)nnn4C(C)C)CC2C)c1. The number of hydrogen-bond acceptors (Lipinski definition) is 6. The quantitative estimate of drug-likeness (QED) is 0.534. The number of hydrogen-bond donors (Lipinski definition) is 0. The van der Waals surface area contributed by atoms with E-state index in [2.05, 4.69) is 47.3 Å². The Balaban J connectivity index is 1.43. The van der Waals surface area contributed by atoms with E-state index in [1.807, 2.05) is 19.9 Å². The Bertz CT molecular complexity index is 1300. The van der Waals surface area contributed by atoms with Crippen LogP contribution in [0, 0.1) is 6.92 Å². The van der Waals surface area contributed by atoms with Gasteiger partial charge >= 0.3 is 0 Å². The minimum atomic E-state index is -3.85. The van der Waals surface area contributed by atoms with Gasteiger partial charge in [0.25, 0.3) is 0 Å². The summed E-state index contributed by atoms with van der Waals surface area (Å²) in [5, 5.41) is 8.21. The van der Waals surface area contributed by atoms with E-state index in [9.17, 15) is 13.2 Å². The normalized spacial score (nSPS) is 17.2. The third-order valence-corrected chi connectivity index (χ3v) is 8.11. The molecule has 34 heavy (non-hydrogen) atoms. The summed E-state index contributed by atoms with van der Waals surface area (Å²) in [5.74, 6) is -0.200. The number of anilines is 1. The minimum absolute atomic E-state index is 0.101. The Kier molecular flexibility index (Phi) is 6.64. The van der Waals surface area contributed by atoms with Gasteiger partial charge in [-0.15, -0.1) is 5.10 Å². The lowest BCUT2D eigenvalue weighted by atomic mass is 10.1. The topological polar surface area (TPSA) is 91.6 Å². The molecule has 0 bridgehead atoms. The lowest BCUT2D eigenvalue weighted by Crippen LogP contribution is -2.55. The van der Waals surface area contributed by atoms with Crippen molar-refractivity contribution >= 4 is 32.7 Å². The van der Waals surface area contributed by atoms with Crippen molar-refractivity contribution in [2.75, 3.05) is 38.1 Å². The standard InChI is InChI=1S/C24H32N6O3S/c1-17(2)30-23-10-9-21(14-22(23)25-26-30)34(32,33)27(5)16-24(31)28-11-12-29(19(4)15-28)20-8-6-7-18(3)13-20/h6-10,13-14,17,19H,11-12,15-16H2,1-5H3. The number of fused-ring (bicyclic) bond motifs is 1. The van der Waals surface area contributed by atoms with Crippen LogP contribution < -0.4 is 4.90 Å². The molecule has 10 heteroatoms. The molecule has 1 aromatic heterocycles. The number of carbonyl (C=O) groups excluding carboxylic acids is 1. The number of nitrogens with zero attached hydrogens (tertiary/aromatic N) is 6. The van der Waals surface area contributed by atoms with E-state index >= 15 is 0 Å². The predicted octanol–water partition coefficient (Wildman–Crippen LogP) is 2.68. The van der Waals surface area contributed by atoms with Crippen LogP contribution in [0.5, 0.6) is 0 Å². The van der Waals surface area contributed by atoms with Crippen molar-refractivity contribution in [2.24, 2.45) is 0 Å². The van der Waals surface area contributed by atoms with Gasteiger partial charge in [-0.1, -0.05) is 17.3 Å². The number of piperazine rings is 1. The molecule has 1 aliphatic rings. The summed E-state index contributed by atoms with van der Waals surface area (Å²) in [6.07, 6.45) is 0. The summed E-state index contributed by atoms with van der Waals surface area (Å²) in [6.45, 7) is 9.71. The third kappa shape index (κ3) is 4.65. The van der Waals surface area contributed by atoms with E-state index in [4.69, 9.17) is 0 Å². The van der Waals surface area contributed by atoms with Crippen molar-refractivity contribution in [3.63, 3.8) is 0 Å². The molecule has 0 N–H and O–H groups in total. The van der Waals surface area contributed by atoms with E-state index in [0.29, 0.717) is 25.2 Å². The molecule has 1 fully saturated rings. The molecule has 2 heterocycles. The molecule has 1 amide bonds. The fraction of sp³-hybridized carbons (Fsp3) is 0.458. The first-order valence-corrected chi connectivity index (χ1v) is 12.9. The highest BCUT2D eigenvalue weighted by Gasteiger charge is 2.30. The van der Waals surface area contributed by atoms with Gasteiger partial charge < -0.3 is 9.80 Å². The van der Waals surface area contributed by atoms with Crippen LogP contribution >= 0.6 is 0 Å². The van der Waals surface area contributed by atoms with Gasteiger partial charge in [-0.05, 0) is 63.6 Å². The molecule has 4 rings (SSSR count). The largest absolute Gasteiger partial charge is 0.365 e. The highest BCUT2D eigenvalue weighted by molar-refractivity contribution is 7.89. The van der Waals surface area contributed by atoms with Crippen LogP contribution in [0.15, 0.2) is 47.4 Å². The number of sulfonamides is 1. The molecule has 1 saturated heterocycles. The number of carbonyl (C=O) groups is 1. The van der Waals surface area contributed by atoms with Crippen LogP contribution in [0.2, 0.25) is 0 Å². The first kappa shape index (κ1) is 24.2. The second kappa shape index (κ2) is 9.34. The number of amides is 1. The lowest BCUT2D eigenvalue weighted by molar-refractivity contribution is -0.131. The molecule has 1 unspecified atom stereocenters. The Labute approximate surface area is 201 Å². The first-order valence-electron chi connectivity index (χ1n) is 11.5. The number of benzene rings is 2. The fourth-order valence-electron chi connectivity index (χ4n) is 4.39. The Morgan fingerprint density at radius 3 is 2.62 bits per heavy atom. The lowest BCUT2D eigenvalue weighted by Gasteiger charge is -2.41. The van der Waals surface area contributed by atoms with Gasteiger partial charge in [0, 0.05) is 44.5 Å². The second-order valence-corrected chi connectivity index (χ2v) is 11.3. The highest BCUT2D eigenvalue weighted by atomic mass is 32.2. The summed E-state index contributed by atoms with van der Waals surface area (Å²) in [7, 11) is -2.41. The molecule has 0 radical (unpaired) electrons. The van der Waals surface area contributed by atoms with Gasteiger partial charge in [-0.3, -0.25) is 4.79 Å². The zero-order valence-electron chi connectivity index (χ0n) is 20.3. The van der Waals surface area contributed by atoms with E-state index in [1.165, 1.54) is 18.7 Å². The van der Waals surface area contributed by atoms with Crippen LogP contribution in [-0.4, -0.2) is 77.8 Å². The van der Waals surface area contributed by atoms with Crippen LogP contribution in [0.3, 0.4) is 0 Å². The molecule has 3 aromatic rings. The second-order valence-electron chi connectivity index (χ2n) is 9.26. The summed E-state index contributed by atoms with van der Waals surface area (Å²) < 4.78 is 29.2. The Morgan fingerprint density at radius 1 is 1.18 bits per heavy atom. The Morgan fingerprint density at radius 2 is 1.94 bits per heavy atom. The number of likely N-dealkylation sites (N-methyl/N-ethyl adjacent to an activating group) is 1. The van der Waals surface area contributed by atoms with E-state index < -0.39 is 10.0 Å². The fourth-order valence-corrected chi connectivity index (χ4v) is 5.53. The molecule has 182 valence electrons. The maximum absolute atomic E-state index is 13.2. The van der Waals surface area contributed by atoms with E-state index in [-0.39, 0.29) is 29.4 Å². The average molecular weight is 485 g/mol. The van der Waals surface area contributed by atoms with Gasteiger partial charge in [0.05, 0.1) is 17.0 Å². The predicted molar refractivity (Wildman–Crippen MR) is 132 cm³/mol. The summed E-state index contributed by atoms with van der Waals surface area (Å²) in [5.41, 5.74) is 3.62. The number of rotatable bonds is 6. The third-order valence-electron chi connectivity index (χ3n) is 6.31. The summed E-state index contributed by atoms with van der Waals surface area (Å²) in [6, 6.07) is 13.3. The van der Waals surface area contributed by atoms with Gasteiger partial charge in [0.15, 0.2) is 0 Å². The van der Waals surface area contributed by atoms with Gasteiger partial charge in [-0.2, -0.15) is 4.31 Å². The molecule has 0 saturated carbocycles. The maximum Gasteiger partial charge on any atom is 0.243 e. The number of aryl methyl sites for hydroxylation is 1. The van der Waals surface area contributed by atoms with Crippen LogP contribution in [-0.2, 0) is 14.8 Å². The molecular weight excluding hydrogens is 452 g/mol. The number of aromatic nitrogens is 3. The van der Waals surface area contributed by atoms with Gasteiger partial charge in [-0.25, -0.2) is 13.1 Å². The highest BCUT2D eigenvalue weighted by Crippen LogP contribution is 2.24. The molecule has 2 aromatic carbocycles. The first-order chi connectivity index (χ1) is 16.1. The van der Waals surface area contributed by atoms with Crippen molar-refractivity contribution < 1.29 is 13.2 Å². The molecule has 0 spiro atoms. The molecule has 0 aliphatic carbocycles. The Hall–Kier alpha value is -2.98.